The van der Waals surface area contributed by atoms with Crippen molar-refractivity contribution in [2.45, 2.75) is 79.4 Å². The second kappa shape index (κ2) is 15.8. The van der Waals surface area contributed by atoms with Gasteiger partial charge < -0.3 is 84.6 Å². The summed E-state index contributed by atoms with van der Waals surface area (Å²) in [5, 5.41) is 110. The molecule has 13 unspecified atom stereocenters. The molecular weight excluding hydrogens is 688 g/mol. The molecule has 0 spiro atoms. The minimum Gasteiger partial charge on any atom is -0.508 e. The van der Waals surface area contributed by atoms with Crippen molar-refractivity contribution in [2.24, 2.45) is 0 Å². The molecule has 2 aromatic carbocycles. The third-order valence-corrected chi connectivity index (χ3v) is 8.54. The number of carboxylic acid groups (broad SMARTS) is 1. The quantitative estimate of drug-likeness (QED) is 0.0738. The van der Waals surface area contributed by atoms with Crippen molar-refractivity contribution in [3.05, 3.63) is 59.7 Å². The fourth-order valence-corrected chi connectivity index (χ4v) is 5.50. The number of benzene rings is 2. The van der Waals surface area contributed by atoms with Crippen LogP contribution in [-0.4, -0.2) is 167 Å². The molecule has 3 saturated heterocycles. The van der Waals surface area contributed by atoms with E-state index in [0.717, 1.165) is 12.1 Å². The Kier molecular flexibility index (Phi) is 11.9. The van der Waals surface area contributed by atoms with E-state index in [1.54, 1.807) is 0 Å². The maximum atomic E-state index is 13.2. The lowest BCUT2D eigenvalue weighted by molar-refractivity contribution is -0.318. The zero-order valence-electron chi connectivity index (χ0n) is 26.4. The molecule has 0 amide bonds. The van der Waals surface area contributed by atoms with E-state index in [9.17, 15) is 65.8 Å². The highest BCUT2D eigenvalue weighted by atomic mass is 16.8. The average molecular weight is 727 g/mol. The number of rotatable bonds is 12. The van der Waals surface area contributed by atoms with Gasteiger partial charge in [0.2, 0.25) is 12.6 Å². The van der Waals surface area contributed by atoms with Crippen LogP contribution < -0.4 is 9.47 Å². The summed E-state index contributed by atoms with van der Waals surface area (Å²) in [6.45, 7) is -2.05. The van der Waals surface area contributed by atoms with Crippen LogP contribution in [0.4, 0.5) is 0 Å². The Morgan fingerprint density at radius 1 is 0.843 bits per heavy atom. The molecule has 19 heteroatoms. The molecule has 5 rings (SSSR count). The molecule has 19 nitrogen and oxygen atoms in total. The van der Waals surface area contributed by atoms with Gasteiger partial charge in [-0.15, -0.1) is 0 Å². The molecule has 0 bridgehead atoms. The lowest BCUT2D eigenvalue weighted by Crippen LogP contribution is -2.62. The van der Waals surface area contributed by atoms with E-state index in [2.05, 4.69) is 0 Å². The SMILES string of the molecule is O=C(C=Cc1ccc(OC2OC(CO)C(O)C(O)C2OC2OCC(O)(CO)C2O)cc1)c1ccc(O)cc1OC1OC(C(=O)O)C(O)C(O)C1O. The zero-order valence-corrected chi connectivity index (χ0v) is 26.4. The summed E-state index contributed by atoms with van der Waals surface area (Å²) in [6.07, 6.45) is -18.1. The number of hydrogen-bond acceptors (Lipinski definition) is 18. The van der Waals surface area contributed by atoms with E-state index in [0.29, 0.717) is 5.56 Å². The number of ketones is 1. The molecule has 3 aliphatic rings. The van der Waals surface area contributed by atoms with Gasteiger partial charge in [0.25, 0.3) is 0 Å². The summed E-state index contributed by atoms with van der Waals surface area (Å²) in [5.41, 5.74) is -1.74. The van der Waals surface area contributed by atoms with Gasteiger partial charge in [0.05, 0.1) is 25.4 Å². The Bertz CT molecular complexity index is 1550. The molecule has 0 aromatic heterocycles. The van der Waals surface area contributed by atoms with Crippen LogP contribution in [0.25, 0.3) is 6.08 Å². The first-order valence-corrected chi connectivity index (χ1v) is 15.5. The summed E-state index contributed by atoms with van der Waals surface area (Å²) in [7, 11) is 0. The van der Waals surface area contributed by atoms with Crippen LogP contribution in [-0.2, 0) is 23.7 Å². The number of hydrogen-bond donors (Lipinski definition) is 11. The van der Waals surface area contributed by atoms with Crippen LogP contribution in [0, 0.1) is 0 Å². The largest absolute Gasteiger partial charge is 0.508 e. The smallest absolute Gasteiger partial charge is 0.335 e. The van der Waals surface area contributed by atoms with Crippen molar-refractivity contribution in [3.63, 3.8) is 0 Å². The van der Waals surface area contributed by atoms with Crippen molar-refractivity contribution in [1.29, 1.82) is 0 Å². The Morgan fingerprint density at radius 3 is 2.18 bits per heavy atom. The van der Waals surface area contributed by atoms with Gasteiger partial charge in [0.15, 0.2) is 24.3 Å². The van der Waals surface area contributed by atoms with Crippen LogP contribution in [0.1, 0.15) is 15.9 Å². The lowest BCUT2D eigenvalue weighted by atomic mass is 9.98. The second-order valence-electron chi connectivity index (χ2n) is 12.1. The molecule has 13 atom stereocenters. The van der Waals surface area contributed by atoms with Crippen molar-refractivity contribution in [1.82, 2.24) is 0 Å². The molecule has 0 saturated carbocycles. The van der Waals surface area contributed by atoms with Crippen LogP contribution >= 0.6 is 0 Å². The normalized spacial score (nSPS) is 37.0. The molecule has 280 valence electrons. The van der Waals surface area contributed by atoms with Crippen LogP contribution in [0.5, 0.6) is 17.2 Å². The highest BCUT2D eigenvalue weighted by molar-refractivity contribution is 6.08. The average Bonchev–Trinajstić information content (AvgIpc) is 3.40. The molecule has 2 aromatic rings. The van der Waals surface area contributed by atoms with Crippen LogP contribution in [0.15, 0.2) is 48.5 Å². The number of carbonyl (C=O) groups is 2. The number of phenols is 1. The van der Waals surface area contributed by atoms with Gasteiger partial charge in [-0.2, -0.15) is 0 Å². The van der Waals surface area contributed by atoms with Gasteiger partial charge in [-0.3, -0.25) is 4.79 Å². The molecule has 51 heavy (non-hydrogen) atoms. The number of allylic oxidation sites excluding steroid dienone is 1. The molecule has 0 aliphatic carbocycles. The number of carbonyl (C=O) groups excluding carboxylic acids is 1. The summed E-state index contributed by atoms with van der Waals surface area (Å²) < 4.78 is 32.9. The Balaban J connectivity index is 1.27. The predicted octanol–water partition coefficient (Wildman–Crippen LogP) is -3.80. The molecular formula is C32H38O19. The monoisotopic (exact) mass is 726 g/mol. The standard InChI is InChI=1S/C32H38O19/c33-10-19-20(37)22(39)26(51-31-27(42)32(45,11-34)12-46-31)30(49-19)47-15-5-1-13(2-6-15)3-8-17(36)16-7-4-14(35)9-18(16)48-29-24(41)21(38)23(40)25(50-29)28(43)44/h1-9,19-27,29-31,33-35,37-42,45H,10-12H2,(H,43,44). The van der Waals surface area contributed by atoms with Gasteiger partial charge in [-0.25, -0.2) is 4.79 Å². The third-order valence-electron chi connectivity index (χ3n) is 8.54. The van der Waals surface area contributed by atoms with Gasteiger partial charge in [-0.1, -0.05) is 18.2 Å². The van der Waals surface area contributed by atoms with Crippen LogP contribution in [0.3, 0.4) is 0 Å². The van der Waals surface area contributed by atoms with Gasteiger partial charge in [0.1, 0.15) is 65.6 Å². The minimum absolute atomic E-state index is 0.129. The van der Waals surface area contributed by atoms with E-state index in [1.807, 2.05) is 0 Å². The third kappa shape index (κ3) is 8.16. The zero-order chi connectivity index (χ0) is 37.2. The van der Waals surface area contributed by atoms with E-state index in [1.165, 1.54) is 42.5 Å². The molecule has 3 aliphatic heterocycles. The molecule has 3 heterocycles. The highest BCUT2D eigenvalue weighted by Crippen LogP contribution is 2.33. The van der Waals surface area contributed by atoms with Gasteiger partial charge in [-0.05, 0) is 35.9 Å². The molecule has 3 fully saturated rings. The van der Waals surface area contributed by atoms with Crippen molar-refractivity contribution < 1.29 is 94.2 Å². The number of aliphatic hydroxyl groups is 9. The number of aromatic hydroxyl groups is 1. The topological polar surface area (TPSA) is 312 Å². The Hall–Kier alpha value is -3.80. The number of aliphatic carboxylic acids is 1. The second-order valence-corrected chi connectivity index (χ2v) is 12.1. The van der Waals surface area contributed by atoms with E-state index >= 15 is 0 Å². The van der Waals surface area contributed by atoms with Crippen LogP contribution in [0.2, 0.25) is 0 Å². The lowest BCUT2D eigenvalue weighted by Gasteiger charge is -2.42. The summed E-state index contributed by atoms with van der Waals surface area (Å²) in [5.74, 6) is -2.88. The number of carboxylic acids is 1. The summed E-state index contributed by atoms with van der Waals surface area (Å²) >= 11 is 0. The first kappa shape index (κ1) is 38.4. The Morgan fingerprint density at radius 2 is 1.55 bits per heavy atom. The summed E-state index contributed by atoms with van der Waals surface area (Å²) in [4.78, 5) is 24.6. The van der Waals surface area contributed by atoms with Gasteiger partial charge >= 0.3 is 5.97 Å². The fourth-order valence-electron chi connectivity index (χ4n) is 5.50. The molecule has 0 radical (unpaired) electrons. The van der Waals surface area contributed by atoms with Gasteiger partial charge in [0, 0.05) is 6.07 Å². The predicted molar refractivity (Wildman–Crippen MR) is 164 cm³/mol. The van der Waals surface area contributed by atoms with E-state index < -0.39 is 111 Å². The molecule has 11 N–H and O–H groups in total. The first-order chi connectivity index (χ1) is 24.2. The maximum Gasteiger partial charge on any atom is 0.335 e. The van der Waals surface area contributed by atoms with E-state index in [-0.39, 0.29) is 22.8 Å². The minimum atomic E-state index is -2.04. The number of aliphatic hydroxyl groups excluding tert-OH is 8. The van der Waals surface area contributed by atoms with Crippen molar-refractivity contribution in [2.75, 3.05) is 19.8 Å². The summed E-state index contributed by atoms with van der Waals surface area (Å²) in [6, 6.07) is 9.27. The van der Waals surface area contributed by atoms with Crippen molar-refractivity contribution >= 4 is 17.8 Å². The fraction of sp³-hybridized carbons (Fsp3) is 0.500. The maximum absolute atomic E-state index is 13.2. The van der Waals surface area contributed by atoms with E-state index in [4.69, 9.17) is 28.4 Å². The Labute approximate surface area is 288 Å². The number of phenolic OH excluding ortho intramolecular Hbond substituents is 1. The number of ether oxygens (including phenoxy) is 6. The highest BCUT2D eigenvalue weighted by Gasteiger charge is 2.53. The first-order valence-electron chi connectivity index (χ1n) is 15.5. The van der Waals surface area contributed by atoms with Crippen molar-refractivity contribution in [3.8, 4) is 17.2 Å².